The van der Waals surface area contributed by atoms with Crippen LogP contribution in [0.25, 0.3) is 0 Å². The molecule has 0 amide bonds. The summed E-state index contributed by atoms with van der Waals surface area (Å²) in [5.74, 6) is -0.290. The summed E-state index contributed by atoms with van der Waals surface area (Å²) < 4.78 is 14.4. The molecule has 1 aromatic carbocycles. The van der Waals surface area contributed by atoms with E-state index in [4.69, 9.17) is 0 Å². The number of hydrogen-bond acceptors (Lipinski definition) is 4. The molecule has 0 saturated heterocycles. The van der Waals surface area contributed by atoms with E-state index in [-0.39, 0.29) is 11.4 Å². The molecule has 0 bridgehead atoms. The zero-order valence-electron chi connectivity index (χ0n) is 12.2. The lowest BCUT2D eigenvalue weighted by Gasteiger charge is -2.16. The first-order valence-electron chi connectivity index (χ1n) is 6.88. The number of halogens is 1. The van der Waals surface area contributed by atoms with Crippen molar-refractivity contribution in [2.75, 3.05) is 30.4 Å². The second-order valence-electron chi connectivity index (χ2n) is 4.73. The molecule has 0 saturated carbocycles. The van der Waals surface area contributed by atoms with Gasteiger partial charge >= 0.3 is 0 Å². The van der Waals surface area contributed by atoms with Crippen LogP contribution in [-0.4, -0.2) is 29.9 Å². The Labute approximate surface area is 123 Å². The third-order valence-electron chi connectivity index (χ3n) is 3.25. The fourth-order valence-electron chi connectivity index (χ4n) is 1.89. The highest BCUT2D eigenvalue weighted by atomic mass is 19.1. The van der Waals surface area contributed by atoms with Gasteiger partial charge in [-0.05, 0) is 25.1 Å². The van der Waals surface area contributed by atoms with Gasteiger partial charge in [0.25, 0.3) is 5.56 Å². The number of rotatable bonds is 6. The standard InChI is InChI=1S/C15H19FN4O/c1-3-19(2)14-10-15(21)20(18-11-14)8-7-17-13-6-4-5-12(16)9-13/h4-6,9-11,17H,3,7-8H2,1-2H3. The van der Waals surface area contributed by atoms with Crippen molar-refractivity contribution >= 4 is 11.4 Å². The summed E-state index contributed by atoms with van der Waals surface area (Å²) in [5, 5.41) is 7.20. The average molecular weight is 290 g/mol. The number of nitrogens with zero attached hydrogens (tertiary/aromatic N) is 3. The van der Waals surface area contributed by atoms with E-state index in [0.29, 0.717) is 18.8 Å². The Kier molecular flexibility index (Phi) is 4.92. The quantitative estimate of drug-likeness (QED) is 0.883. The lowest BCUT2D eigenvalue weighted by molar-refractivity contribution is 0.596. The maximum absolute atomic E-state index is 13.0. The Morgan fingerprint density at radius 2 is 2.19 bits per heavy atom. The number of nitrogens with one attached hydrogen (secondary N) is 1. The average Bonchev–Trinajstić information content (AvgIpc) is 2.48. The molecule has 0 spiro atoms. The highest BCUT2D eigenvalue weighted by molar-refractivity contribution is 5.43. The van der Waals surface area contributed by atoms with Gasteiger partial charge in [-0.3, -0.25) is 4.79 Å². The summed E-state index contributed by atoms with van der Waals surface area (Å²) in [5.41, 5.74) is 1.34. The molecule has 112 valence electrons. The van der Waals surface area contributed by atoms with Gasteiger partial charge in [0.15, 0.2) is 0 Å². The summed E-state index contributed by atoms with van der Waals surface area (Å²) in [6, 6.07) is 7.78. The molecule has 0 aliphatic carbocycles. The minimum atomic E-state index is -0.290. The molecule has 6 heteroatoms. The van der Waals surface area contributed by atoms with Gasteiger partial charge in [-0.15, -0.1) is 0 Å². The molecule has 0 atom stereocenters. The third kappa shape index (κ3) is 4.05. The molecule has 0 fully saturated rings. The van der Waals surface area contributed by atoms with E-state index in [2.05, 4.69) is 10.4 Å². The molecule has 0 radical (unpaired) electrons. The molecule has 0 aliphatic rings. The van der Waals surface area contributed by atoms with E-state index in [1.54, 1.807) is 24.4 Å². The Hall–Kier alpha value is -2.37. The summed E-state index contributed by atoms with van der Waals surface area (Å²) in [4.78, 5) is 13.9. The topological polar surface area (TPSA) is 50.2 Å². The summed E-state index contributed by atoms with van der Waals surface area (Å²) in [7, 11) is 1.91. The molecule has 5 nitrogen and oxygen atoms in total. The predicted molar refractivity (Wildman–Crippen MR) is 82.3 cm³/mol. The second-order valence-corrected chi connectivity index (χ2v) is 4.73. The molecule has 0 aliphatic heterocycles. The molecular weight excluding hydrogens is 271 g/mol. The summed E-state index contributed by atoms with van der Waals surface area (Å²) >= 11 is 0. The molecule has 2 aromatic rings. The highest BCUT2D eigenvalue weighted by Gasteiger charge is 2.03. The number of benzene rings is 1. The van der Waals surface area contributed by atoms with Crippen molar-refractivity contribution in [1.29, 1.82) is 0 Å². The largest absolute Gasteiger partial charge is 0.383 e. The van der Waals surface area contributed by atoms with Crippen molar-refractivity contribution in [3.63, 3.8) is 0 Å². The SMILES string of the molecule is CCN(C)c1cnn(CCNc2cccc(F)c2)c(=O)c1. The van der Waals surface area contributed by atoms with E-state index >= 15 is 0 Å². The van der Waals surface area contributed by atoms with Gasteiger partial charge in [0.2, 0.25) is 0 Å². The van der Waals surface area contributed by atoms with Gasteiger partial charge in [0.1, 0.15) is 5.82 Å². The van der Waals surface area contributed by atoms with Gasteiger partial charge in [-0.25, -0.2) is 9.07 Å². The Bertz CT molecular complexity index is 656. The molecule has 1 N–H and O–H groups in total. The molecule has 1 aromatic heterocycles. The minimum Gasteiger partial charge on any atom is -0.383 e. The third-order valence-corrected chi connectivity index (χ3v) is 3.25. The van der Waals surface area contributed by atoms with Crippen LogP contribution in [0.15, 0.2) is 41.3 Å². The van der Waals surface area contributed by atoms with E-state index in [0.717, 1.165) is 12.2 Å². The minimum absolute atomic E-state index is 0.145. The van der Waals surface area contributed by atoms with E-state index in [1.165, 1.54) is 16.8 Å². The zero-order valence-corrected chi connectivity index (χ0v) is 12.2. The molecule has 21 heavy (non-hydrogen) atoms. The van der Waals surface area contributed by atoms with Gasteiger partial charge in [-0.2, -0.15) is 5.10 Å². The van der Waals surface area contributed by atoms with Crippen LogP contribution >= 0.6 is 0 Å². The second kappa shape index (κ2) is 6.88. The summed E-state index contributed by atoms with van der Waals surface area (Å²) in [6.45, 7) is 3.74. The zero-order chi connectivity index (χ0) is 15.2. The van der Waals surface area contributed by atoms with Crippen LogP contribution in [0.1, 0.15) is 6.92 Å². The van der Waals surface area contributed by atoms with Gasteiger partial charge < -0.3 is 10.2 Å². The fourth-order valence-corrected chi connectivity index (χ4v) is 1.89. The van der Waals surface area contributed by atoms with Crippen molar-refractivity contribution in [3.05, 3.63) is 52.7 Å². The van der Waals surface area contributed by atoms with Gasteiger partial charge in [0, 0.05) is 31.9 Å². The van der Waals surface area contributed by atoms with Crippen molar-refractivity contribution < 1.29 is 4.39 Å². The van der Waals surface area contributed by atoms with Crippen LogP contribution in [0.2, 0.25) is 0 Å². The predicted octanol–water partition coefficient (Wildman–Crippen LogP) is 1.95. The first-order chi connectivity index (χ1) is 10.1. The van der Waals surface area contributed by atoms with Crippen LogP contribution in [0.3, 0.4) is 0 Å². The monoisotopic (exact) mass is 290 g/mol. The van der Waals surface area contributed by atoms with Crippen LogP contribution in [0.4, 0.5) is 15.8 Å². The van der Waals surface area contributed by atoms with Crippen LogP contribution in [0, 0.1) is 5.82 Å². The fraction of sp³-hybridized carbons (Fsp3) is 0.333. The van der Waals surface area contributed by atoms with Crippen molar-refractivity contribution in [3.8, 4) is 0 Å². The van der Waals surface area contributed by atoms with Crippen LogP contribution in [-0.2, 0) is 6.54 Å². The van der Waals surface area contributed by atoms with E-state index in [9.17, 15) is 9.18 Å². The number of anilines is 2. The molecule has 2 rings (SSSR count). The van der Waals surface area contributed by atoms with Gasteiger partial charge in [-0.1, -0.05) is 6.07 Å². The van der Waals surface area contributed by atoms with E-state index < -0.39 is 0 Å². The molecule has 0 unspecified atom stereocenters. The lowest BCUT2D eigenvalue weighted by Crippen LogP contribution is -2.27. The first kappa shape index (κ1) is 15.0. The van der Waals surface area contributed by atoms with E-state index in [1.807, 2.05) is 18.9 Å². The molecular formula is C15H19FN4O. The maximum Gasteiger partial charge on any atom is 0.268 e. The van der Waals surface area contributed by atoms with Crippen molar-refractivity contribution in [2.45, 2.75) is 13.5 Å². The number of hydrogen-bond donors (Lipinski definition) is 1. The van der Waals surface area contributed by atoms with Crippen LogP contribution < -0.4 is 15.8 Å². The highest BCUT2D eigenvalue weighted by Crippen LogP contribution is 2.08. The van der Waals surface area contributed by atoms with Crippen molar-refractivity contribution in [1.82, 2.24) is 9.78 Å². The van der Waals surface area contributed by atoms with Crippen molar-refractivity contribution in [2.24, 2.45) is 0 Å². The Balaban J connectivity index is 1.96. The lowest BCUT2D eigenvalue weighted by atomic mass is 10.3. The Morgan fingerprint density at radius 1 is 1.38 bits per heavy atom. The maximum atomic E-state index is 13.0. The normalized spacial score (nSPS) is 10.4. The first-order valence-corrected chi connectivity index (χ1v) is 6.88. The smallest absolute Gasteiger partial charge is 0.268 e. The number of aromatic nitrogens is 2. The molecule has 1 heterocycles. The van der Waals surface area contributed by atoms with Crippen LogP contribution in [0.5, 0.6) is 0 Å². The van der Waals surface area contributed by atoms with Gasteiger partial charge in [0.05, 0.1) is 18.4 Å². The summed E-state index contributed by atoms with van der Waals surface area (Å²) in [6.07, 6.45) is 1.67. The Morgan fingerprint density at radius 3 is 2.86 bits per heavy atom.